The Labute approximate surface area is 122 Å². The van der Waals surface area contributed by atoms with E-state index in [0.717, 1.165) is 11.1 Å². The molecule has 1 unspecified atom stereocenters. The molecule has 0 bridgehead atoms. The fourth-order valence-electron chi connectivity index (χ4n) is 2.58. The smallest absolute Gasteiger partial charge is 0.128 e. The summed E-state index contributed by atoms with van der Waals surface area (Å²) in [6.07, 6.45) is 0. The molecule has 0 aliphatic carbocycles. The average Bonchev–Trinajstić information content (AvgIpc) is 2.88. The molecule has 20 heavy (non-hydrogen) atoms. The van der Waals surface area contributed by atoms with Gasteiger partial charge in [-0.1, -0.05) is 35.9 Å². The first kappa shape index (κ1) is 13.3. The molecule has 1 N–H and O–H groups in total. The molecule has 1 atom stereocenters. The molecule has 0 radical (unpaired) electrons. The predicted molar refractivity (Wildman–Crippen MR) is 83.9 cm³/mol. The van der Waals surface area contributed by atoms with E-state index in [9.17, 15) is 4.39 Å². The highest BCUT2D eigenvalue weighted by atomic mass is 32.1. The number of fused-ring (bicyclic) bond motifs is 1. The number of nitrogens with one attached hydrogen (secondary N) is 1. The van der Waals surface area contributed by atoms with Crippen LogP contribution in [0.4, 0.5) is 4.39 Å². The van der Waals surface area contributed by atoms with Crippen LogP contribution in [0.5, 0.6) is 0 Å². The van der Waals surface area contributed by atoms with Gasteiger partial charge in [0.05, 0.1) is 6.04 Å². The summed E-state index contributed by atoms with van der Waals surface area (Å²) in [6.45, 7) is 1.99. The van der Waals surface area contributed by atoms with E-state index in [1.807, 2.05) is 32.2 Å². The number of hydrogen-bond acceptors (Lipinski definition) is 2. The maximum absolute atomic E-state index is 14.2. The van der Waals surface area contributed by atoms with Gasteiger partial charge in [-0.3, -0.25) is 0 Å². The van der Waals surface area contributed by atoms with Gasteiger partial charge in [0, 0.05) is 10.3 Å². The van der Waals surface area contributed by atoms with Crippen molar-refractivity contribution in [2.24, 2.45) is 0 Å². The SMILES string of the molecule is CNC(c1cc(C)ccc1F)c1csc2ccccc12. The third kappa shape index (κ3) is 2.23. The van der Waals surface area contributed by atoms with Crippen LogP contribution in [-0.2, 0) is 0 Å². The standard InChI is InChI=1S/C17H16FNS/c1-11-7-8-15(18)13(9-11)17(19-2)14-10-20-16-6-4-3-5-12(14)16/h3-10,17,19H,1-2H3. The summed E-state index contributed by atoms with van der Waals surface area (Å²) in [6, 6.07) is 13.4. The molecule has 1 aromatic heterocycles. The normalized spacial score (nSPS) is 12.8. The van der Waals surface area contributed by atoms with Crippen LogP contribution in [-0.4, -0.2) is 7.05 Å². The first-order valence-electron chi connectivity index (χ1n) is 6.60. The molecule has 3 heteroatoms. The minimum atomic E-state index is -0.162. The lowest BCUT2D eigenvalue weighted by atomic mass is 9.96. The molecule has 1 nitrogen and oxygen atoms in total. The second-order valence-corrected chi connectivity index (χ2v) is 5.85. The molecule has 0 amide bonds. The van der Waals surface area contributed by atoms with E-state index < -0.39 is 0 Å². The van der Waals surface area contributed by atoms with Crippen molar-refractivity contribution in [3.05, 3.63) is 70.4 Å². The van der Waals surface area contributed by atoms with Gasteiger partial charge in [-0.25, -0.2) is 4.39 Å². The molecule has 0 saturated heterocycles. The van der Waals surface area contributed by atoms with Crippen molar-refractivity contribution in [2.75, 3.05) is 7.05 Å². The topological polar surface area (TPSA) is 12.0 Å². The lowest BCUT2D eigenvalue weighted by Crippen LogP contribution is -2.18. The summed E-state index contributed by atoms with van der Waals surface area (Å²) < 4.78 is 15.4. The maximum atomic E-state index is 14.2. The Balaban J connectivity index is 2.16. The summed E-state index contributed by atoms with van der Waals surface area (Å²) in [7, 11) is 1.87. The van der Waals surface area contributed by atoms with Crippen molar-refractivity contribution in [1.29, 1.82) is 0 Å². The minimum absolute atomic E-state index is 0.119. The third-order valence-corrected chi connectivity index (χ3v) is 4.55. The summed E-state index contributed by atoms with van der Waals surface area (Å²) in [5.41, 5.74) is 2.91. The maximum Gasteiger partial charge on any atom is 0.128 e. The van der Waals surface area contributed by atoms with Gasteiger partial charge < -0.3 is 5.32 Å². The molecule has 0 aliphatic rings. The summed E-state index contributed by atoms with van der Waals surface area (Å²) >= 11 is 1.70. The second-order valence-electron chi connectivity index (χ2n) is 4.93. The lowest BCUT2D eigenvalue weighted by molar-refractivity contribution is 0.577. The molecule has 1 heterocycles. The Morgan fingerprint density at radius 2 is 1.90 bits per heavy atom. The van der Waals surface area contributed by atoms with Gasteiger partial charge in [0.15, 0.2) is 0 Å². The molecule has 0 aliphatic heterocycles. The van der Waals surface area contributed by atoms with Gasteiger partial charge >= 0.3 is 0 Å². The molecule has 3 aromatic rings. The molecular weight excluding hydrogens is 269 g/mol. The zero-order chi connectivity index (χ0) is 14.1. The highest BCUT2D eigenvalue weighted by Gasteiger charge is 2.19. The number of rotatable bonds is 3. The Kier molecular flexibility index (Phi) is 3.55. The van der Waals surface area contributed by atoms with E-state index >= 15 is 0 Å². The zero-order valence-corrected chi connectivity index (χ0v) is 12.3. The number of halogens is 1. The Hall–Kier alpha value is -1.71. The van der Waals surface area contributed by atoms with Crippen molar-refractivity contribution in [3.8, 4) is 0 Å². The summed E-state index contributed by atoms with van der Waals surface area (Å²) in [4.78, 5) is 0. The Morgan fingerprint density at radius 3 is 2.70 bits per heavy atom. The van der Waals surface area contributed by atoms with E-state index in [-0.39, 0.29) is 11.9 Å². The van der Waals surface area contributed by atoms with Crippen molar-refractivity contribution < 1.29 is 4.39 Å². The van der Waals surface area contributed by atoms with Gasteiger partial charge in [-0.05, 0) is 42.4 Å². The monoisotopic (exact) mass is 285 g/mol. The van der Waals surface area contributed by atoms with Crippen LogP contribution in [0, 0.1) is 12.7 Å². The second kappa shape index (κ2) is 5.35. The fraction of sp³-hybridized carbons (Fsp3) is 0.176. The molecule has 0 fully saturated rings. The number of thiophene rings is 1. The van der Waals surface area contributed by atoms with Crippen LogP contribution in [0.2, 0.25) is 0 Å². The molecule has 0 spiro atoms. The van der Waals surface area contributed by atoms with Gasteiger partial charge in [-0.15, -0.1) is 11.3 Å². The van der Waals surface area contributed by atoms with Gasteiger partial charge in [0.25, 0.3) is 0 Å². The number of hydrogen-bond donors (Lipinski definition) is 1. The van der Waals surface area contributed by atoms with E-state index in [0.29, 0.717) is 5.56 Å². The van der Waals surface area contributed by atoms with Gasteiger partial charge in [0.1, 0.15) is 5.82 Å². The van der Waals surface area contributed by atoms with E-state index in [1.165, 1.54) is 10.1 Å². The highest BCUT2D eigenvalue weighted by Crippen LogP contribution is 2.34. The minimum Gasteiger partial charge on any atom is -0.309 e. The van der Waals surface area contributed by atoms with E-state index in [2.05, 4.69) is 22.8 Å². The van der Waals surface area contributed by atoms with Crippen molar-refractivity contribution >= 4 is 21.4 Å². The van der Waals surface area contributed by atoms with Crippen molar-refractivity contribution in [2.45, 2.75) is 13.0 Å². The summed E-state index contributed by atoms with van der Waals surface area (Å²) in [5.74, 6) is -0.162. The Morgan fingerprint density at radius 1 is 1.10 bits per heavy atom. The lowest BCUT2D eigenvalue weighted by Gasteiger charge is -2.18. The average molecular weight is 285 g/mol. The summed E-state index contributed by atoms with van der Waals surface area (Å²) in [5, 5.41) is 6.56. The van der Waals surface area contributed by atoms with Crippen LogP contribution in [0.25, 0.3) is 10.1 Å². The first-order chi connectivity index (χ1) is 9.70. The van der Waals surface area contributed by atoms with Crippen molar-refractivity contribution in [1.82, 2.24) is 5.32 Å². The van der Waals surface area contributed by atoms with Gasteiger partial charge in [-0.2, -0.15) is 0 Å². The number of benzene rings is 2. The van der Waals surface area contributed by atoms with Gasteiger partial charge in [0.2, 0.25) is 0 Å². The van der Waals surface area contributed by atoms with E-state index in [1.54, 1.807) is 23.5 Å². The van der Waals surface area contributed by atoms with Crippen LogP contribution in [0.15, 0.2) is 47.8 Å². The predicted octanol–water partition coefficient (Wildman–Crippen LogP) is 4.66. The molecule has 102 valence electrons. The number of aryl methyl sites for hydroxylation is 1. The van der Waals surface area contributed by atoms with Crippen LogP contribution >= 0.6 is 11.3 Å². The molecule has 0 saturated carbocycles. The third-order valence-electron chi connectivity index (χ3n) is 3.57. The highest BCUT2D eigenvalue weighted by molar-refractivity contribution is 7.17. The molecular formula is C17H16FNS. The molecule has 3 rings (SSSR count). The molecule has 2 aromatic carbocycles. The largest absolute Gasteiger partial charge is 0.309 e. The Bertz CT molecular complexity index is 748. The quantitative estimate of drug-likeness (QED) is 0.738. The first-order valence-corrected chi connectivity index (χ1v) is 7.48. The van der Waals surface area contributed by atoms with Crippen LogP contribution in [0.1, 0.15) is 22.7 Å². The van der Waals surface area contributed by atoms with Crippen LogP contribution < -0.4 is 5.32 Å². The van der Waals surface area contributed by atoms with Crippen LogP contribution in [0.3, 0.4) is 0 Å². The zero-order valence-electron chi connectivity index (χ0n) is 11.5. The van der Waals surface area contributed by atoms with Crippen molar-refractivity contribution in [3.63, 3.8) is 0 Å². The fourth-order valence-corrected chi connectivity index (χ4v) is 3.57. The van der Waals surface area contributed by atoms with E-state index in [4.69, 9.17) is 0 Å².